The third-order valence-electron chi connectivity index (χ3n) is 1.11. The Bertz CT molecular complexity index is 229. The summed E-state index contributed by atoms with van der Waals surface area (Å²) in [5.41, 5.74) is 0. The van der Waals surface area contributed by atoms with Gasteiger partial charge in [0.15, 0.2) is 5.16 Å². The van der Waals surface area contributed by atoms with Crippen LogP contribution in [0.4, 0.5) is 0 Å². The van der Waals surface area contributed by atoms with E-state index in [0.717, 1.165) is 21.8 Å². The van der Waals surface area contributed by atoms with E-state index in [2.05, 4.69) is 25.9 Å². The summed E-state index contributed by atoms with van der Waals surface area (Å²) in [6.07, 6.45) is 4.48. The fourth-order valence-corrected chi connectivity index (χ4v) is 1.82. The maximum Gasteiger partial charge on any atom is 0.187 e. The van der Waals surface area contributed by atoms with E-state index in [9.17, 15) is 0 Å². The summed E-state index contributed by atoms with van der Waals surface area (Å²) in [6, 6.07) is 0. The van der Waals surface area contributed by atoms with E-state index < -0.39 is 0 Å². The van der Waals surface area contributed by atoms with Crippen LogP contribution in [0.3, 0.4) is 0 Å². The summed E-state index contributed by atoms with van der Waals surface area (Å²) in [7, 11) is 0. The predicted octanol–water partition coefficient (Wildman–Crippen LogP) is 2.96. The molecule has 0 aliphatic rings. The molecule has 0 bridgehead atoms. The van der Waals surface area contributed by atoms with Crippen LogP contribution in [-0.4, -0.2) is 21.6 Å². The van der Waals surface area contributed by atoms with Gasteiger partial charge in [0.2, 0.25) is 0 Å². The molecular formula is C7H8BrClN2S. The Morgan fingerprint density at radius 2 is 2.08 bits per heavy atom. The number of alkyl halides is 1. The van der Waals surface area contributed by atoms with Crippen molar-refractivity contribution in [3.63, 3.8) is 0 Å². The number of thioether (sulfide) groups is 1. The Labute approximate surface area is 89.3 Å². The molecule has 66 valence electrons. The van der Waals surface area contributed by atoms with Crippen molar-refractivity contribution < 1.29 is 0 Å². The molecule has 0 saturated carbocycles. The molecule has 1 heterocycles. The molecule has 5 heteroatoms. The van der Waals surface area contributed by atoms with Crippen LogP contribution in [0.25, 0.3) is 0 Å². The first kappa shape index (κ1) is 10.3. The van der Waals surface area contributed by atoms with Crippen molar-refractivity contribution in [2.75, 3.05) is 11.6 Å². The maximum atomic E-state index is 5.53. The van der Waals surface area contributed by atoms with Gasteiger partial charge in [-0.1, -0.05) is 11.8 Å². The highest BCUT2D eigenvalue weighted by atomic mass is 79.9. The van der Waals surface area contributed by atoms with Crippen molar-refractivity contribution in [2.24, 2.45) is 0 Å². The lowest BCUT2D eigenvalue weighted by atomic mass is 10.6. The Morgan fingerprint density at radius 1 is 1.42 bits per heavy atom. The summed E-state index contributed by atoms with van der Waals surface area (Å²) < 4.78 is 0.907. The van der Waals surface area contributed by atoms with Gasteiger partial charge in [0.1, 0.15) is 0 Å². The Kier molecular flexibility index (Phi) is 4.95. The van der Waals surface area contributed by atoms with Crippen LogP contribution in [0.15, 0.2) is 22.0 Å². The van der Waals surface area contributed by atoms with Crippen molar-refractivity contribution in [1.29, 1.82) is 0 Å². The molecule has 0 N–H and O–H groups in total. The molecule has 12 heavy (non-hydrogen) atoms. The van der Waals surface area contributed by atoms with Crippen molar-refractivity contribution in [3.8, 4) is 0 Å². The number of hydrogen-bond acceptors (Lipinski definition) is 3. The normalized spacial score (nSPS) is 10.2. The van der Waals surface area contributed by atoms with Gasteiger partial charge < -0.3 is 0 Å². The zero-order chi connectivity index (χ0) is 8.81. The number of nitrogens with zero attached hydrogens (tertiary/aromatic N) is 2. The third-order valence-corrected chi connectivity index (χ3v) is 2.74. The number of hydrogen-bond donors (Lipinski definition) is 0. The summed E-state index contributed by atoms with van der Waals surface area (Å²) >= 11 is 10.4. The minimum absolute atomic E-state index is 0.698. The highest BCUT2D eigenvalue weighted by Crippen LogP contribution is 2.14. The number of halogens is 2. The molecule has 0 amide bonds. The van der Waals surface area contributed by atoms with E-state index in [1.807, 2.05) is 0 Å². The molecule has 0 aliphatic carbocycles. The molecule has 2 nitrogen and oxygen atoms in total. The highest BCUT2D eigenvalue weighted by molar-refractivity contribution is 9.10. The molecule has 0 unspecified atom stereocenters. The minimum atomic E-state index is 0.698. The van der Waals surface area contributed by atoms with Crippen molar-refractivity contribution in [2.45, 2.75) is 11.6 Å². The van der Waals surface area contributed by atoms with Crippen LogP contribution in [0, 0.1) is 0 Å². The van der Waals surface area contributed by atoms with E-state index in [1.165, 1.54) is 0 Å². The first-order chi connectivity index (χ1) is 5.83. The molecule has 1 rings (SSSR count). The molecule has 1 aromatic rings. The molecule has 0 radical (unpaired) electrons. The van der Waals surface area contributed by atoms with Crippen LogP contribution < -0.4 is 0 Å². The Balaban J connectivity index is 2.37. The lowest BCUT2D eigenvalue weighted by Crippen LogP contribution is -1.87. The zero-order valence-electron chi connectivity index (χ0n) is 6.33. The van der Waals surface area contributed by atoms with Crippen molar-refractivity contribution in [1.82, 2.24) is 9.97 Å². The summed E-state index contributed by atoms with van der Waals surface area (Å²) in [5.74, 6) is 1.68. The number of rotatable bonds is 4. The van der Waals surface area contributed by atoms with Gasteiger partial charge in [-0.05, 0) is 22.4 Å². The summed E-state index contributed by atoms with van der Waals surface area (Å²) in [6.45, 7) is 0. The number of aromatic nitrogens is 2. The summed E-state index contributed by atoms with van der Waals surface area (Å²) in [4.78, 5) is 8.22. The van der Waals surface area contributed by atoms with Crippen LogP contribution >= 0.6 is 39.3 Å². The van der Waals surface area contributed by atoms with Gasteiger partial charge in [-0.2, -0.15) is 0 Å². The summed E-state index contributed by atoms with van der Waals surface area (Å²) in [5, 5.41) is 0.809. The molecule has 0 atom stereocenters. The van der Waals surface area contributed by atoms with Crippen LogP contribution in [0.1, 0.15) is 6.42 Å². The van der Waals surface area contributed by atoms with Gasteiger partial charge in [-0.15, -0.1) is 11.6 Å². The first-order valence-electron chi connectivity index (χ1n) is 3.49. The van der Waals surface area contributed by atoms with E-state index in [4.69, 9.17) is 11.6 Å². The van der Waals surface area contributed by atoms with Gasteiger partial charge in [0, 0.05) is 24.0 Å². The van der Waals surface area contributed by atoms with Crippen LogP contribution in [0.2, 0.25) is 0 Å². The fourth-order valence-electron chi connectivity index (χ4n) is 0.593. The molecule has 0 aromatic carbocycles. The lowest BCUT2D eigenvalue weighted by molar-refractivity contribution is 0.953. The molecule has 0 aliphatic heterocycles. The van der Waals surface area contributed by atoms with Gasteiger partial charge in [-0.25, -0.2) is 9.97 Å². The zero-order valence-corrected chi connectivity index (χ0v) is 9.49. The largest absolute Gasteiger partial charge is 0.230 e. The van der Waals surface area contributed by atoms with Gasteiger partial charge in [0.25, 0.3) is 0 Å². The molecule has 0 spiro atoms. The first-order valence-corrected chi connectivity index (χ1v) is 5.80. The standard InChI is InChI=1S/C7H8BrClN2S/c8-6-4-10-7(11-5-6)12-3-1-2-9/h4-5H,1-3H2. The van der Waals surface area contributed by atoms with E-state index in [0.29, 0.717) is 5.88 Å². The highest BCUT2D eigenvalue weighted by Gasteiger charge is 1.95. The lowest BCUT2D eigenvalue weighted by Gasteiger charge is -1.96. The van der Waals surface area contributed by atoms with E-state index in [-0.39, 0.29) is 0 Å². The average Bonchev–Trinajstić information content (AvgIpc) is 2.09. The second-order valence-corrected chi connectivity index (χ2v) is 4.43. The quantitative estimate of drug-likeness (QED) is 0.363. The third kappa shape index (κ3) is 3.74. The second kappa shape index (κ2) is 5.78. The molecule has 1 aromatic heterocycles. The van der Waals surface area contributed by atoms with E-state index in [1.54, 1.807) is 24.2 Å². The smallest absolute Gasteiger partial charge is 0.187 e. The van der Waals surface area contributed by atoms with Gasteiger partial charge >= 0.3 is 0 Å². The molecule has 0 saturated heterocycles. The topological polar surface area (TPSA) is 25.8 Å². The molecular weight excluding hydrogens is 260 g/mol. The Hall–Kier alpha value is 0.200. The van der Waals surface area contributed by atoms with Crippen molar-refractivity contribution in [3.05, 3.63) is 16.9 Å². The SMILES string of the molecule is ClCCCSc1ncc(Br)cn1. The van der Waals surface area contributed by atoms with Gasteiger partial charge in [-0.3, -0.25) is 0 Å². The second-order valence-electron chi connectivity index (χ2n) is 2.07. The van der Waals surface area contributed by atoms with Crippen LogP contribution in [-0.2, 0) is 0 Å². The predicted molar refractivity (Wildman–Crippen MR) is 55.8 cm³/mol. The average molecular weight is 268 g/mol. The van der Waals surface area contributed by atoms with Gasteiger partial charge in [0.05, 0.1) is 4.47 Å². The minimum Gasteiger partial charge on any atom is -0.230 e. The fraction of sp³-hybridized carbons (Fsp3) is 0.429. The van der Waals surface area contributed by atoms with E-state index >= 15 is 0 Å². The Morgan fingerprint density at radius 3 is 2.67 bits per heavy atom. The van der Waals surface area contributed by atoms with Crippen molar-refractivity contribution >= 4 is 39.3 Å². The molecule has 0 fully saturated rings. The maximum absolute atomic E-state index is 5.53. The monoisotopic (exact) mass is 266 g/mol. The van der Waals surface area contributed by atoms with Crippen LogP contribution in [0.5, 0.6) is 0 Å².